The van der Waals surface area contributed by atoms with Gasteiger partial charge in [-0.3, -0.25) is 10.2 Å². The second-order valence-electron chi connectivity index (χ2n) is 7.19. The van der Waals surface area contributed by atoms with Crippen molar-refractivity contribution in [2.75, 3.05) is 27.2 Å². The highest BCUT2D eigenvalue weighted by Crippen LogP contribution is 2.31. The number of nitrogens with zero attached hydrogens (tertiary/aromatic N) is 3. The zero-order valence-electron chi connectivity index (χ0n) is 15.7. The minimum Gasteiger partial charge on any atom is -0.455 e. The van der Waals surface area contributed by atoms with Gasteiger partial charge in [0.1, 0.15) is 5.76 Å². The largest absolute Gasteiger partial charge is 0.455 e. The van der Waals surface area contributed by atoms with Crippen molar-refractivity contribution in [3.8, 4) is 0 Å². The van der Waals surface area contributed by atoms with Gasteiger partial charge in [0.05, 0.1) is 5.71 Å². The summed E-state index contributed by atoms with van der Waals surface area (Å²) >= 11 is 4.83. The Morgan fingerprint density at radius 2 is 2.08 bits per heavy atom. The van der Waals surface area contributed by atoms with Crippen molar-refractivity contribution in [1.29, 1.82) is 0 Å². The number of amides is 1. The quantitative estimate of drug-likeness (QED) is 0.615. The topological polar surface area (TPSA) is 87.1 Å². The van der Waals surface area contributed by atoms with Crippen molar-refractivity contribution < 1.29 is 9.21 Å². The molecule has 1 fully saturated rings. The van der Waals surface area contributed by atoms with E-state index < -0.39 is 0 Å². The SMILES string of the molecule is Cc1c(C(=O)N(C)C2CCN(C)CC2)oc2c1/C(=N/NC(N)=S)CCC2. The molecule has 1 aromatic rings. The third-order valence-corrected chi connectivity index (χ3v) is 5.47. The van der Waals surface area contributed by atoms with E-state index in [0.29, 0.717) is 5.76 Å². The van der Waals surface area contributed by atoms with E-state index in [9.17, 15) is 4.79 Å². The number of likely N-dealkylation sites (tertiary alicyclic amines) is 1. The lowest BCUT2D eigenvalue weighted by Gasteiger charge is -2.34. The standard InChI is InChI=1S/C18H27N5O2S/c1-11-15-13(20-21-18(19)26)5-4-6-14(15)25-16(11)17(24)23(3)12-7-9-22(2)10-8-12/h12H,4-10H2,1-3H3,(H3,19,21,26)/b20-13+. The molecule has 7 nitrogen and oxygen atoms in total. The molecule has 0 bridgehead atoms. The lowest BCUT2D eigenvalue weighted by molar-refractivity contribution is 0.0625. The van der Waals surface area contributed by atoms with Crippen LogP contribution in [0, 0.1) is 6.92 Å². The highest BCUT2D eigenvalue weighted by atomic mass is 32.1. The van der Waals surface area contributed by atoms with Crippen LogP contribution in [0.5, 0.6) is 0 Å². The average molecular weight is 378 g/mol. The number of nitrogens with one attached hydrogen (secondary N) is 1. The molecule has 2 aliphatic rings. The molecule has 2 heterocycles. The molecule has 8 heteroatoms. The lowest BCUT2D eigenvalue weighted by Crippen LogP contribution is -2.44. The van der Waals surface area contributed by atoms with Crippen LogP contribution in [-0.4, -0.2) is 59.8 Å². The van der Waals surface area contributed by atoms with E-state index in [1.54, 1.807) is 0 Å². The average Bonchev–Trinajstić information content (AvgIpc) is 2.97. The number of nitrogens with two attached hydrogens (primary N) is 1. The van der Waals surface area contributed by atoms with Gasteiger partial charge >= 0.3 is 0 Å². The number of hydrogen-bond acceptors (Lipinski definition) is 5. The number of rotatable bonds is 3. The zero-order chi connectivity index (χ0) is 18.8. The molecule has 1 aliphatic carbocycles. The molecule has 142 valence electrons. The molecule has 1 saturated heterocycles. The maximum atomic E-state index is 13.1. The van der Waals surface area contributed by atoms with Crippen molar-refractivity contribution in [2.24, 2.45) is 10.8 Å². The number of hydrogen-bond donors (Lipinski definition) is 2. The van der Waals surface area contributed by atoms with Crippen molar-refractivity contribution >= 4 is 28.9 Å². The zero-order valence-corrected chi connectivity index (χ0v) is 16.5. The molecule has 0 atom stereocenters. The Balaban J connectivity index is 1.84. The molecule has 1 aliphatic heterocycles. The van der Waals surface area contributed by atoms with E-state index in [4.69, 9.17) is 22.4 Å². The highest BCUT2D eigenvalue weighted by Gasteiger charge is 2.32. The Labute approximate surface area is 159 Å². The summed E-state index contributed by atoms with van der Waals surface area (Å²) in [7, 11) is 3.99. The Kier molecular flexibility index (Phi) is 5.62. The summed E-state index contributed by atoms with van der Waals surface area (Å²) in [5, 5.41) is 4.44. The fourth-order valence-electron chi connectivity index (χ4n) is 3.81. The van der Waals surface area contributed by atoms with Crippen LogP contribution >= 0.6 is 12.2 Å². The predicted octanol–water partition coefficient (Wildman–Crippen LogP) is 1.63. The molecule has 0 unspecified atom stereocenters. The van der Waals surface area contributed by atoms with Crippen molar-refractivity contribution in [3.05, 3.63) is 22.6 Å². The summed E-state index contributed by atoms with van der Waals surface area (Å²) in [5.41, 5.74) is 10.8. The van der Waals surface area contributed by atoms with Gasteiger partial charge in [-0.15, -0.1) is 0 Å². The van der Waals surface area contributed by atoms with Crippen molar-refractivity contribution in [3.63, 3.8) is 0 Å². The van der Waals surface area contributed by atoms with Crippen molar-refractivity contribution in [2.45, 2.75) is 45.1 Å². The molecule has 0 saturated carbocycles. The Bertz CT molecular complexity index is 734. The fraction of sp³-hybridized carbons (Fsp3) is 0.611. The minimum atomic E-state index is -0.0480. The number of furan rings is 1. The van der Waals surface area contributed by atoms with Crippen LogP contribution in [0.25, 0.3) is 0 Å². The van der Waals surface area contributed by atoms with Gasteiger partial charge in [0.25, 0.3) is 5.91 Å². The molecule has 0 radical (unpaired) electrons. The molecule has 1 aromatic heterocycles. The van der Waals surface area contributed by atoms with Crippen LogP contribution in [0.3, 0.4) is 0 Å². The van der Waals surface area contributed by atoms with Gasteiger partial charge in [0.2, 0.25) is 0 Å². The first-order valence-corrected chi connectivity index (χ1v) is 9.49. The molecule has 1 amide bonds. The van der Waals surface area contributed by atoms with Crippen LogP contribution in [0.2, 0.25) is 0 Å². The monoisotopic (exact) mass is 377 g/mol. The van der Waals surface area contributed by atoms with Crippen LogP contribution < -0.4 is 11.2 Å². The third-order valence-electron chi connectivity index (χ3n) is 5.38. The third kappa shape index (κ3) is 3.76. The van der Waals surface area contributed by atoms with E-state index in [2.05, 4.69) is 22.5 Å². The second-order valence-corrected chi connectivity index (χ2v) is 7.63. The summed E-state index contributed by atoms with van der Waals surface area (Å²) < 4.78 is 5.99. The molecular weight excluding hydrogens is 350 g/mol. The van der Waals surface area contributed by atoms with Gasteiger partial charge in [-0.05, 0) is 65.0 Å². The van der Waals surface area contributed by atoms with Crippen molar-refractivity contribution in [1.82, 2.24) is 15.2 Å². The normalized spacial score (nSPS) is 20.0. The predicted molar refractivity (Wildman–Crippen MR) is 105 cm³/mol. The Morgan fingerprint density at radius 1 is 1.38 bits per heavy atom. The molecule has 0 spiro atoms. The van der Waals surface area contributed by atoms with E-state index in [1.165, 1.54) is 0 Å². The van der Waals surface area contributed by atoms with Gasteiger partial charge in [-0.1, -0.05) is 0 Å². The number of piperidine rings is 1. The van der Waals surface area contributed by atoms with Gasteiger partial charge in [-0.25, -0.2) is 0 Å². The smallest absolute Gasteiger partial charge is 0.289 e. The number of carbonyl (C=O) groups is 1. The number of hydrazone groups is 1. The van der Waals surface area contributed by atoms with Gasteiger partial charge < -0.3 is 20.0 Å². The summed E-state index contributed by atoms with van der Waals surface area (Å²) in [6.07, 6.45) is 4.52. The number of fused-ring (bicyclic) bond motifs is 1. The molecule has 0 aromatic carbocycles. The maximum absolute atomic E-state index is 13.1. The van der Waals surface area contributed by atoms with Crippen LogP contribution in [0.1, 0.15) is 53.1 Å². The van der Waals surface area contributed by atoms with Gasteiger partial charge in [0, 0.05) is 30.6 Å². The Morgan fingerprint density at radius 3 is 2.73 bits per heavy atom. The summed E-state index contributed by atoms with van der Waals surface area (Å²) in [6.45, 7) is 3.95. The van der Waals surface area contributed by atoms with Gasteiger partial charge in [0.15, 0.2) is 10.9 Å². The number of carbonyl (C=O) groups excluding carboxylic acids is 1. The molecule has 26 heavy (non-hydrogen) atoms. The van der Waals surface area contributed by atoms with E-state index in [-0.39, 0.29) is 17.1 Å². The number of aryl methyl sites for hydroxylation is 1. The minimum absolute atomic E-state index is 0.0480. The summed E-state index contributed by atoms with van der Waals surface area (Å²) in [5.74, 6) is 1.21. The van der Waals surface area contributed by atoms with E-state index >= 15 is 0 Å². The first kappa shape index (κ1) is 18.8. The number of thiocarbonyl (C=S) groups is 1. The van der Waals surface area contributed by atoms with E-state index in [0.717, 1.165) is 67.8 Å². The fourth-order valence-corrected chi connectivity index (χ4v) is 3.86. The first-order valence-electron chi connectivity index (χ1n) is 9.08. The highest BCUT2D eigenvalue weighted by molar-refractivity contribution is 7.80. The van der Waals surface area contributed by atoms with Crippen LogP contribution in [-0.2, 0) is 6.42 Å². The second kappa shape index (κ2) is 7.75. The van der Waals surface area contributed by atoms with Gasteiger partial charge in [-0.2, -0.15) is 5.10 Å². The summed E-state index contributed by atoms with van der Waals surface area (Å²) in [6, 6.07) is 0.254. The Hall–Kier alpha value is -1.93. The molecule has 3 rings (SSSR count). The lowest BCUT2D eigenvalue weighted by atomic mass is 9.93. The molecule has 3 N–H and O–H groups in total. The first-order chi connectivity index (χ1) is 12.4. The van der Waals surface area contributed by atoms with Crippen LogP contribution in [0.15, 0.2) is 9.52 Å². The summed E-state index contributed by atoms with van der Waals surface area (Å²) in [4.78, 5) is 17.2. The van der Waals surface area contributed by atoms with E-state index in [1.807, 2.05) is 18.9 Å². The maximum Gasteiger partial charge on any atom is 0.289 e. The van der Waals surface area contributed by atoms with Crippen LogP contribution in [0.4, 0.5) is 0 Å². The molecular formula is C18H27N5O2S.